The van der Waals surface area contributed by atoms with Gasteiger partial charge in [-0.2, -0.15) is 0 Å². The van der Waals surface area contributed by atoms with Crippen molar-refractivity contribution in [1.82, 2.24) is 14.7 Å². The summed E-state index contributed by atoms with van der Waals surface area (Å²) in [4.78, 5) is 46.8. The van der Waals surface area contributed by atoms with Crippen LogP contribution in [0.5, 0.6) is 0 Å². The molecule has 1 aromatic rings. The fourth-order valence-electron chi connectivity index (χ4n) is 6.17. The molecule has 0 saturated carbocycles. The monoisotopic (exact) mass is 479 g/mol. The molecule has 8 heteroatoms. The number of nitrogens with zero attached hydrogens (tertiary/aromatic N) is 3. The minimum Gasteiger partial charge on any atom is -0.394 e. The normalized spacial score (nSPS) is 33.4. The van der Waals surface area contributed by atoms with Crippen LogP contribution in [0.4, 0.5) is 0 Å². The molecule has 6 atom stereocenters. The first kappa shape index (κ1) is 23.8. The lowest BCUT2D eigenvalue weighted by Gasteiger charge is -2.42. The Bertz CT molecular complexity index is 1090. The van der Waals surface area contributed by atoms with Gasteiger partial charge in [0.05, 0.1) is 30.6 Å². The van der Waals surface area contributed by atoms with Crippen molar-refractivity contribution in [1.29, 1.82) is 0 Å². The molecule has 186 valence electrons. The maximum absolute atomic E-state index is 14.3. The molecule has 35 heavy (non-hydrogen) atoms. The summed E-state index contributed by atoms with van der Waals surface area (Å²) in [5.41, 5.74) is -1.08. The molecule has 0 aromatic heterocycles. The molecule has 4 aliphatic rings. The van der Waals surface area contributed by atoms with Crippen LogP contribution < -0.4 is 0 Å². The topological polar surface area (TPSA) is 90.4 Å². The second-order valence-corrected chi connectivity index (χ2v) is 10.9. The van der Waals surface area contributed by atoms with Gasteiger partial charge in [0.2, 0.25) is 17.7 Å². The van der Waals surface area contributed by atoms with E-state index < -0.39 is 41.2 Å². The highest BCUT2D eigenvalue weighted by molar-refractivity contribution is 6.00. The Morgan fingerprint density at radius 3 is 2.43 bits per heavy atom. The van der Waals surface area contributed by atoms with Gasteiger partial charge < -0.3 is 24.5 Å². The fraction of sp³-hybridized carbons (Fsp3) is 0.519. The minimum atomic E-state index is -1.30. The predicted octanol–water partition coefficient (Wildman–Crippen LogP) is 1.53. The molecule has 8 nitrogen and oxygen atoms in total. The first-order chi connectivity index (χ1) is 16.6. The molecule has 0 radical (unpaired) electrons. The van der Waals surface area contributed by atoms with Crippen LogP contribution in [0.1, 0.15) is 32.4 Å². The molecule has 0 bridgehead atoms. The van der Waals surface area contributed by atoms with Gasteiger partial charge in [0, 0.05) is 25.7 Å². The van der Waals surface area contributed by atoms with Gasteiger partial charge in [-0.05, 0) is 26.3 Å². The van der Waals surface area contributed by atoms with Crippen molar-refractivity contribution in [3.8, 4) is 0 Å². The Morgan fingerprint density at radius 1 is 1.06 bits per heavy atom. The summed E-state index contributed by atoms with van der Waals surface area (Å²) in [6, 6.07) is 7.47. The number of carbonyl (C=O) groups is 3. The minimum absolute atomic E-state index is 0.172. The summed E-state index contributed by atoms with van der Waals surface area (Å²) < 4.78 is 6.61. The largest absolute Gasteiger partial charge is 0.394 e. The summed E-state index contributed by atoms with van der Waals surface area (Å²) in [6.07, 6.45) is 6.83. The van der Waals surface area contributed by atoms with Crippen molar-refractivity contribution in [2.45, 2.75) is 50.1 Å². The molecular weight excluding hydrogens is 446 g/mol. The Kier molecular flexibility index (Phi) is 5.64. The van der Waals surface area contributed by atoms with E-state index in [0.29, 0.717) is 13.1 Å². The molecule has 3 amide bonds. The molecule has 1 unspecified atom stereocenters. The van der Waals surface area contributed by atoms with Gasteiger partial charge in [-0.25, -0.2) is 0 Å². The number of amides is 3. The van der Waals surface area contributed by atoms with Crippen LogP contribution in [0.3, 0.4) is 0 Å². The fourth-order valence-corrected chi connectivity index (χ4v) is 6.17. The van der Waals surface area contributed by atoms with Crippen molar-refractivity contribution in [2.24, 2.45) is 11.8 Å². The highest BCUT2D eigenvalue weighted by Crippen LogP contribution is 2.55. The first-order valence-electron chi connectivity index (χ1n) is 12.2. The van der Waals surface area contributed by atoms with Gasteiger partial charge in [-0.1, -0.05) is 54.6 Å². The van der Waals surface area contributed by atoms with E-state index in [4.69, 9.17) is 4.74 Å². The van der Waals surface area contributed by atoms with E-state index in [1.165, 1.54) is 4.90 Å². The van der Waals surface area contributed by atoms with Gasteiger partial charge in [-0.3, -0.25) is 14.4 Å². The highest BCUT2D eigenvalue weighted by atomic mass is 16.5. The zero-order chi connectivity index (χ0) is 25.1. The molecular formula is C27H33N3O5. The SMILES string of the molecule is CN1CC=C[C@@H]2O[C@]34C=CCN(C(C)(C)C)C(=O)C3N([C@H](CO)c3ccccc3)C(=O)[C@@H]4[C@@H]2C1=O. The lowest BCUT2D eigenvalue weighted by atomic mass is 9.77. The maximum atomic E-state index is 14.3. The van der Waals surface area contributed by atoms with Crippen LogP contribution in [0.25, 0.3) is 0 Å². The lowest BCUT2D eigenvalue weighted by molar-refractivity contribution is -0.154. The van der Waals surface area contributed by atoms with Crippen LogP contribution in [0.2, 0.25) is 0 Å². The van der Waals surface area contributed by atoms with E-state index in [2.05, 4.69) is 0 Å². The number of fused-ring (bicyclic) bond motifs is 2. The number of likely N-dealkylation sites (tertiary alicyclic amines) is 1. The molecule has 4 heterocycles. The van der Waals surface area contributed by atoms with Crippen LogP contribution >= 0.6 is 0 Å². The van der Waals surface area contributed by atoms with E-state index in [-0.39, 0.29) is 24.3 Å². The van der Waals surface area contributed by atoms with Gasteiger partial charge in [0.15, 0.2) is 0 Å². The van der Waals surface area contributed by atoms with Crippen molar-refractivity contribution >= 4 is 17.7 Å². The van der Waals surface area contributed by atoms with Crippen LogP contribution in [-0.2, 0) is 19.1 Å². The van der Waals surface area contributed by atoms with Crippen molar-refractivity contribution in [3.63, 3.8) is 0 Å². The molecule has 1 aromatic carbocycles. The Hall–Kier alpha value is -2.97. The van der Waals surface area contributed by atoms with E-state index in [0.717, 1.165) is 5.56 Å². The zero-order valence-corrected chi connectivity index (χ0v) is 20.6. The quantitative estimate of drug-likeness (QED) is 0.664. The Morgan fingerprint density at radius 2 is 1.77 bits per heavy atom. The summed E-state index contributed by atoms with van der Waals surface area (Å²) in [6.45, 7) is 6.31. The molecule has 4 aliphatic heterocycles. The number of aliphatic hydroxyl groups is 1. The average molecular weight is 480 g/mol. The number of carbonyl (C=O) groups excluding carboxylic acids is 3. The summed E-state index contributed by atoms with van der Waals surface area (Å²) in [5, 5.41) is 10.5. The number of hydrogen-bond donors (Lipinski definition) is 1. The summed E-state index contributed by atoms with van der Waals surface area (Å²) >= 11 is 0. The molecule has 5 rings (SSSR count). The van der Waals surface area contributed by atoms with E-state index >= 15 is 0 Å². The molecule has 1 spiro atoms. The standard InChI is InChI=1S/C27H33N3O5/c1-26(2,3)29-15-9-13-27-21(20-19(35-27)12-8-14-28(4)23(20)32)24(33)30(22(27)25(29)34)18(16-31)17-10-6-5-7-11-17/h5-13,18-22,31H,14-16H2,1-4H3/t18-,19+,20-,21+,22?,27+/m1/s1. The predicted molar refractivity (Wildman–Crippen MR) is 129 cm³/mol. The van der Waals surface area contributed by atoms with Crippen molar-refractivity contribution in [2.75, 3.05) is 26.7 Å². The van der Waals surface area contributed by atoms with E-state index in [1.54, 1.807) is 16.8 Å². The van der Waals surface area contributed by atoms with Gasteiger partial charge >= 0.3 is 0 Å². The van der Waals surface area contributed by atoms with Crippen molar-refractivity contribution in [3.05, 3.63) is 60.2 Å². The molecule has 2 saturated heterocycles. The number of ether oxygens (including phenoxy) is 1. The third kappa shape index (κ3) is 3.45. The van der Waals surface area contributed by atoms with Gasteiger partial charge in [0.25, 0.3) is 0 Å². The maximum Gasteiger partial charge on any atom is 0.249 e. The number of likely N-dealkylation sites (N-methyl/N-ethyl adjacent to an activating group) is 1. The number of aliphatic hydroxyl groups excluding tert-OH is 1. The second kappa shape index (κ2) is 8.31. The molecule has 1 N–H and O–H groups in total. The lowest BCUT2D eigenvalue weighted by Crippen LogP contribution is -2.59. The summed E-state index contributed by atoms with van der Waals surface area (Å²) in [7, 11) is 1.71. The number of rotatable bonds is 3. The third-order valence-electron chi connectivity index (χ3n) is 7.80. The Labute approximate surface area is 205 Å². The first-order valence-corrected chi connectivity index (χ1v) is 12.2. The van der Waals surface area contributed by atoms with E-state index in [9.17, 15) is 19.5 Å². The second-order valence-electron chi connectivity index (χ2n) is 10.9. The van der Waals surface area contributed by atoms with Gasteiger partial charge in [-0.15, -0.1) is 0 Å². The van der Waals surface area contributed by atoms with Crippen LogP contribution in [0, 0.1) is 11.8 Å². The van der Waals surface area contributed by atoms with Crippen LogP contribution in [-0.4, -0.2) is 87.6 Å². The van der Waals surface area contributed by atoms with Crippen LogP contribution in [0.15, 0.2) is 54.6 Å². The Balaban J connectivity index is 1.70. The van der Waals surface area contributed by atoms with Gasteiger partial charge in [0.1, 0.15) is 11.6 Å². The number of benzene rings is 1. The molecule has 2 fully saturated rings. The number of hydrogen-bond acceptors (Lipinski definition) is 5. The highest BCUT2D eigenvalue weighted by Gasteiger charge is 2.72. The zero-order valence-electron chi connectivity index (χ0n) is 20.6. The summed E-state index contributed by atoms with van der Waals surface area (Å²) in [5.74, 6) is -2.36. The smallest absolute Gasteiger partial charge is 0.249 e. The van der Waals surface area contributed by atoms with Crippen molar-refractivity contribution < 1.29 is 24.2 Å². The molecule has 0 aliphatic carbocycles. The third-order valence-corrected chi connectivity index (χ3v) is 7.80. The average Bonchev–Trinajstić information content (AvgIpc) is 3.13. The van der Waals surface area contributed by atoms with E-state index in [1.807, 2.05) is 75.4 Å².